The van der Waals surface area contributed by atoms with E-state index in [0.717, 1.165) is 6.54 Å². The van der Waals surface area contributed by atoms with E-state index in [1.807, 2.05) is 0 Å². The fourth-order valence-corrected chi connectivity index (χ4v) is 3.40. The van der Waals surface area contributed by atoms with Gasteiger partial charge in [-0.2, -0.15) is 0 Å². The van der Waals surface area contributed by atoms with Crippen molar-refractivity contribution in [1.29, 1.82) is 0 Å². The summed E-state index contributed by atoms with van der Waals surface area (Å²) in [4.78, 5) is 7.12. The Balaban J connectivity index is 1.64. The van der Waals surface area contributed by atoms with Crippen LogP contribution in [-0.4, -0.2) is 43.1 Å². The lowest BCUT2D eigenvalue weighted by atomic mass is 9.96. The Morgan fingerprint density at radius 3 is 2.50 bits per heavy atom. The molecule has 3 N–H and O–H groups in total. The summed E-state index contributed by atoms with van der Waals surface area (Å²) in [6.07, 6.45) is 10.7. The fraction of sp³-hybridized carbons (Fsp3) is 0.938. The summed E-state index contributed by atoms with van der Waals surface area (Å²) in [6, 6.07) is 0.560. The molecule has 4 heteroatoms. The lowest BCUT2D eigenvalue weighted by Crippen LogP contribution is -2.41. The molecule has 2 fully saturated rings. The molecule has 1 saturated carbocycles. The smallest absolute Gasteiger partial charge is 0.188 e. The minimum Gasteiger partial charge on any atom is -0.370 e. The van der Waals surface area contributed by atoms with Crippen LogP contribution in [0.4, 0.5) is 0 Å². The minimum atomic E-state index is 0.560. The van der Waals surface area contributed by atoms with E-state index in [-0.39, 0.29) is 0 Å². The van der Waals surface area contributed by atoms with Gasteiger partial charge in [0.15, 0.2) is 5.96 Å². The molecule has 0 aromatic rings. The maximum atomic E-state index is 6.01. The summed E-state index contributed by atoms with van der Waals surface area (Å²) < 4.78 is 0. The molecule has 2 rings (SSSR count). The molecule has 0 aromatic carbocycles. The van der Waals surface area contributed by atoms with Gasteiger partial charge in [0.2, 0.25) is 0 Å². The van der Waals surface area contributed by atoms with Crippen molar-refractivity contribution in [3.05, 3.63) is 0 Å². The molecule has 0 spiro atoms. The first-order valence-corrected chi connectivity index (χ1v) is 8.53. The van der Waals surface area contributed by atoms with Gasteiger partial charge in [-0.25, -0.2) is 0 Å². The zero-order chi connectivity index (χ0) is 14.2. The summed E-state index contributed by atoms with van der Waals surface area (Å²) in [6.45, 7) is 6.84. The van der Waals surface area contributed by atoms with Crippen LogP contribution in [0.15, 0.2) is 4.99 Å². The third-order valence-corrected chi connectivity index (χ3v) is 4.55. The van der Waals surface area contributed by atoms with E-state index in [2.05, 4.69) is 22.1 Å². The average molecular weight is 280 g/mol. The third kappa shape index (κ3) is 5.70. The topological polar surface area (TPSA) is 53.6 Å². The fourth-order valence-electron chi connectivity index (χ4n) is 3.40. The van der Waals surface area contributed by atoms with Crippen molar-refractivity contribution >= 4 is 5.96 Å². The van der Waals surface area contributed by atoms with Crippen molar-refractivity contribution in [2.75, 3.05) is 26.2 Å². The number of nitrogens with two attached hydrogens (primary N) is 1. The van der Waals surface area contributed by atoms with Crippen molar-refractivity contribution in [1.82, 2.24) is 10.2 Å². The Labute approximate surface area is 124 Å². The molecule has 2 aliphatic rings. The predicted octanol–water partition coefficient (Wildman–Crippen LogP) is 2.35. The third-order valence-electron chi connectivity index (χ3n) is 4.55. The number of aliphatic imine (C=N–C) groups is 1. The van der Waals surface area contributed by atoms with Gasteiger partial charge in [-0.3, -0.25) is 4.99 Å². The van der Waals surface area contributed by atoms with Crippen molar-refractivity contribution in [2.24, 2.45) is 16.6 Å². The maximum Gasteiger partial charge on any atom is 0.188 e. The molecule has 1 atom stereocenters. The Morgan fingerprint density at radius 2 is 1.80 bits per heavy atom. The van der Waals surface area contributed by atoms with Crippen LogP contribution in [0.2, 0.25) is 0 Å². The molecule has 1 aliphatic heterocycles. The van der Waals surface area contributed by atoms with Crippen molar-refractivity contribution < 1.29 is 0 Å². The summed E-state index contributed by atoms with van der Waals surface area (Å²) in [5, 5.41) is 3.39. The second kappa shape index (κ2) is 8.50. The molecule has 1 unspecified atom stereocenters. The highest BCUT2D eigenvalue weighted by molar-refractivity contribution is 5.78. The molecule has 1 saturated heterocycles. The van der Waals surface area contributed by atoms with Crippen LogP contribution in [0.25, 0.3) is 0 Å². The van der Waals surface area contributed by atoms with E-state index >= 15 is 0 Å². The quantitative estimate of drug-likeness (QED) is 0.600. The minimum absolute atomic E-state index is 0.560. The van der Waals surface area contributed by atoms with Crippen LogP contribution in [0.1, 0.15) is 58.3 Å². The molecule has 1 aliphatic carbocycles. The van der Waals surface area contributed by atoms with E-state index in [0.29, 0.717) is 17.9 Å². The number of guanidine groups is 1. The highest BCUT2D eigenvalue weighted by Crippen LogP contribution is 2.17. The molecule has 1 heterocycles. The van der Waals surface area contributed by atoms with Gasteiger partial charge in [0.05, 0.1) is 0 Å². The van der Waals surface area contributed by atoms with Crippen LogP contribution < -0.4 is 11.1 Å². The van der Waals surface area contributed by atoms with Crippen molar-refractivity contribution in [2.45, 2.75) is 64.3 Å². The van der Waals surface area contributed by atoms with Gasteiger partial charge in [0.1, 0.15) is 0 Å². The molecule has 0 aromatic heterocycles. The average Bonchev–Trinajstić information content (AvgIpc) is 2.47. The van der Waals surface area contributed by atoms with Gasteiger partial charge < -0.3 is 16.0 Å². The standard InChI is InChI=1S/C16H32N4/c1-14(13-20-10-6-3-7-11-20)12-18-16(17)19-15-8-4-2-5-9-15/h14-15H,2-13H2,1H3,(H3,17,18,19). The largest absolute Gasteiger partial charge is 0.370 e. The first kappa shape index (κ1) is 15.6. The van der Waals surface area contributed by atoms with E-state index < -0.39 is 0 Å². The van der Waals surface area contributed by atoms with Crippen LogP contribution in [0, 0.1) is 5.92 Å². The number of nitrogens with one attached hydrogen (secondary N) is 1. The van der Waals surface area contributed by atoms with E-state index in [4.69, 9.17) is 5.73 Å². The second-order valence-corrected chi connectivity index (χ2v) is 6.67. The zero-order valence-electron chi connectivity index (χ0n) is 13.1. The number of rotatable bonds is 5. The van der Waals surface area contributed by atoms with E-state index in [1.54, 1.807) is 0 Å². The van der Waals surface area contributed by atoms with Crippen molar-refractivity contribution in [3.8, 4) is 0 Å². The van der Waals surface area contributed by atoms with Gasteiger partial charge in [-0.05, 0) is 44.7 Å². The van der Waals surface area contributed by atoms with Gasteiger partial charge >= 0.3 is 0 Å². The van der Waals surface area contributed by atoms with Gasteiger partial charge in [0, 0.05) is 19.1 Å². The number of nitrogens with zero attached hydrogens (tertiary/aromatic N) is 2. The summed E-state index contributed by atoms with van der Waals surface area (Å²) in [5.74, 6) is 1.25. The second-order valence-electron chi connectivity index (χ2n) is 6.67. The Morgan fingerprint density at radius 1 is 1.15 bits per heavy atom. The number of likely N-dealkylation sites (tertiary alicyclic amines) is 1. The Bertz CT molecular complexity index is 291. The SMILES string of the molecule is CC(CN=C(N)NC1CCCCC1)CN1CCCCC1. The van der Waals surface area contributed by atoms with Crippen LogP contribution in [-0.2, 0) is 0 Å². The number of hydrogen-bond acceptors (Lipinski definition) is 2. The highest BCUT2D eigenvalue weighted by Gasteiger charge is 2.15. The molecule has 4 nitrogen and oxygen atoms in total. The van der Waals surface area contributed by atoms with E-state index in [9.17, 15) is 0 Å². The van der Waals surface area contributed by atoms with Crippen LogP contribution >= 0.6 is 0 Å². The predicted molar refractivity (Wildman–Crippen MR) is 86.0 cm³/mol. The zero-order valence-corrected chi connectivity index (χ0v) is 13.1. The van der Waals surface area contributed by atoms with Crippen LogP contribution in [0.5, 0.6) is 0 Å². The summed E-state index contributed by atoms with van der Waals surface area (Å²) >= 11 is 0. The lowest BCUT2D eigenvalue weighted by Gasteiger charge is -2.28. The normalized spacial score (nSPS) is 24.6. The van der Waals surface area contributed by atoms with Gasteiger partial charge in [0.25, 0.3) is 0 Å². The molecule has 116 valence electrons. The first-order valence-electron chi connectivity index (χ1n) is 8.53. The van der Waals surface area contributed by atoms with E-state index in [1.165, 1.54) is 71.0 Å². The van der Waals surface area contributed by atoms with Crippen LogP contribution in [0.3, 0.4) is 0 Å². The molecule has 0 amide bonds. The lowest BCUT2D eigenvalue weighted by molar-refractivity contribution is 0.203. The van der Waals surface area contributed by atoms with Crippen molar-refractivity contribution in [3.63, 3.8) is 0 Å². The highest BCUT2D eigenvalue weighted by atomic mass is 15.1. The Kier molecular flexibility index (Phi) is 6.64. The molecule has 0 radical (unpaired) electrons. The molecular weight excluding hydrogens is 248 g/mol. The molecule has 0 bridgehead atoms. The summed E-state index contributed by atoms with van der Waals surface area (Å²) in [5.41, 5.74) is 6.01. The van der Waals surface area contributed by atoms with Gasteiger partial charge in [-0.15, -0.1) is 0 Å². The monoisotopic (exact) mass is 280 g/mol. The molecule has 20 heavy (non-hydrogen) atoms. The first-order chi connectivity index (χ1) is 9.74. The Hall–Kier alpha value is -0.770. The number of hydrogen-bond donors (Lipinski definition) is 2. The maximum absolute atomic E-state index is 6.01. The van der Waals surface area contributed by atoms with Gasteiger partial charge in [-0.1, -0.05) is 32.6 Å². The summed E-state index contributed by atoms with van der Waals surface area (Å²) in [7, 11) is 0. The number of piperidine rings is 1. The molecular formula is C16H32N4.